The quantitative estimate of drug-likeness (QED) is 0.290. The maximum absolute atomic E-state index is 15.3. The van der Waals surface area contributed by atoms with Crippen molar-refractivity contribution in [2.45, 2.75) is 25.9 Å². The average molecular weight is 444 g/mol. The lowest BCUT2D eigenvalue weighted by Crippen LogP contribution is -2.43. The third-order valence-electron chi connectivity index (χ3n) is 7.22. The maximum atomic E-state index is 15.3. The number of hydrogen-bond acceptors (Lipinski definition) is 1. The lowest BCUT2D eigenvalue weighted by Gasteiger charge is -2.34. The highest BCUT2D eigenvalue weighted by Gasteiger charge is 2.48. The van der Waals surface area contributed by atoms with Crippen LogP contribution < -0.4 is 21.5 Å². The molecule has 4 aromatic carbocycles. The van der Waals surface area contributed by atoms with E-state index in [1.165, 1.54) is 27.5 Å². The first-order chi connectivity index (χ1) is 15.9. The van der Waals surface area contributed by atoms with E-state index in [4.69, 9.17) is 0 Å². The highest BCUT2D eigenvalue weighted by molar-refractivity contribution is 7.80. The van der Waals surface area contributed by atoms with Crippen LogP contribution in [0.4, 0.5) is 0 Å². The molecule has 1 nitrogen and oxygen atoms in total. The van der Waals surface area contributed by atoms with Gasteiger partial charge in [0.05, 0.1) is 0 Å². The minimum atomic E-state index is -2.95. The van der Waals surface area contributed by atoms with Crippen LogP contribution in [0, 0.1) is 0 Å². The molecule has 0 aromatic heterocycles. The zero-order valence-electron chi connectivity index (χ0n) is 19.2. The van der Waals surface area contributed by atoms with Crippen molar-refractivity contribution < 1.29 is 4.57 Å². The lowest BCUT2D eigenvalue weighted by molar-refractivity contribution is 0.564. The molecule has 2 heterocycles. The van der Waals surface area contributed by atoms with E-state index in [1.807, 2.05) is 12.1 Å². The summed E-state index contributed by atoms with van der Waals surface area (Å²) in [7, 11) is -2.95. The molecule has 6 rings (SSSR count). The second kappa shape index (κ2) is 7.21. The Morgan fingerprint density at radius 3 is 1.79 bits per heavy atom. The van der Waals surface area contributed by atoms with Crippen molar-refractivity contribution in [2.75, 3.05) is 0 Å². The number of hydrogen-bond donors (Lipinski definition) is 0. The zero-order valence-corrected chi connectivity index (χ0v) is 20.1. The van der Waals surface area contributed by atoms with Gasteiger partial charge in [0.25, 0.3) is 0 Å². The first-order valence-electron chi connectivity index (χ1n) is 11.6. The van der Waals surface area contributed by atoms with Gasteiger partial charge in [-0.05, 0) is 22.3 Å². The van der Waals surface area contributed by atoms with Crippen LogP contribution in [-0.4, -0.2) is 11.9 Å². The number of fused-ring (bicyclic) bond motifs is 6. The van der Waals surface area contributed by atoms with Crippen LogP contribution in [0.15, 0.2) is 103 Å². The summed E-state index contributed by atoms with van der Waals surface area (Å²) in [5, 5.41) is 1.57. The van der Waals surface area contributed by atoms with Crippen LogP contribution >= 0.6 is 7.14 Å². The fourth-order valence-corrected chi connectivity index (χ4v) is 9.14. The van der Waals surface area contributed by atoms with Gasteiger partial charge in [0.15, 0.2) is 0 Å². The first-order valence-corrected chi connectivity index (χ1v) is 13.3. The van der Waals surface area contributed by atoms with Crippen molar-refractivity contribution in [3.05, 3.63) is 120 Å². The van der Waals surface area contributed by atoms with Gasteiger partial charge in [0, 0.05) is 15.8 Å². The van der Waals surface area contributed by atoms with E-state index in [-0.39, 0.29) is 6.71 Å². The predicted octanol–water partition coefficient (Wildman–Crippen LogP) is 5.23. The molecular weight excluding hydrogens is 418 g/mol. The summed E-state index contributed by atoms with van der Waals surface area (Å²) in [5.74, 6) is 0. The Labute approximate surface area is 196 Å². The molecule has 0 saturated carbocycles. The summed E-state index contributed by atoms with van der Waals surface area (Å²) in [6.45, 7) is 6.49. The standard InChI is InChI=1S/C30H26BOP/c1-30(2,3)33(32)26-19-11-8-16-23(26)28-22-15-7-10-18-25(22)31(21-13-5-4-6-14-21)29(28)24-17-9-12-20-27(24)33/h4-20H,1-3H3. The van der Waals surface area contributed by atoms with Gasteiger partial charge < -0.3 is 4.57 Å². The Bertz CT molecular complexity index is 1480. The van der Waals surface area contributed by atoms with Crippen molar-refractivity contribution in [3.63, 3.8) is 0 Å². The van der Waals surface area contributed by atoms with Crippen molar-refractivity contribution in [1.82, 2.24) is 0 Å². The highest BCUT2D eigenvalue weighted by Crippen LogP contribution is 2.60. The Hall–Kier alpha value is -3.09. The molecule has 2 aliphatic heterocycles. The Morgan fingerprint density at radius 2 is 1.12 bits per heavy atom. The molecule has 0 saturated heterocycles. The molecule has 160 valence electrons. The summed E-state index contributed by atoms with van der Waals surface area (Å²) in [5.41, 5.74) is 8.63. The summed E-state index contributed by atoms with van der Waals surface area (Å²) in [6.07, 6.45) is 0. The minimum absolute atomic E-state index is 0.109. The van der Waals surface area contributed by atoms with Gasteiger partial charge in [0.1, 0.15) is 7.14 Å². The van der Waals surface area contributed by atoms with Gasteiger partial charge in [-0.2, -0.15) is 0 Å². The van der Waals surface area contributed by atoms with E-state index in [0.29, 0.717) is 0 Å². The summed E-state index contributed by atoms with van der Waals surface area (Å²) in [4.78, 5) is 0. The van der Waals surface area contributed by atoms with Crippen LogP contribution in [0.2, 0.25) is 0 Å². The van der Waals surface area contributed by atoms with Crippen LogP contribution in [0.5, 0.6) is 0 Å². The molecule has 1 unspecified atom stereocenters. The molecular formula is C30H26BOP. The monoisotopic (exact) mass is 444 g/mol. The molecule has 0 N–H and O–H groups in total. The third kappa shape index (κ3) is 2.77. The van der Waals surface area contributed by atoms with E-state index in [9.17, 15) is 0 Å². The second-order valence-electron chi connectivity index (χ2n) is 10.0. The first kappa shape index (κ1) is 20.5. The van der Waals surface area contributed by atoms with E-state index < -0.39 is 12.3 Å². The number of benzene rings is 4. The molecule has 4 aromatic rings. The second-order valence-corrected chi connectivity index (χ2v) is 13.6. The summed E-state index contributed by atoms with van der Waals surface area (Å²) >= 11 is 0. The van der Waals surface area contributed by atoms with Crippen molar-refractivity contribution in [3.8, 4) is 0 Å². The summed E-state index contributed by atoms with van der Waals surface area (Å²) in [6, 6.07) is 36.4. The van der Waals surface area contributed by atoms with Crippen LogP contribution in [0.1, 0.15) is 37.5 Å². The van der Waals surface area contributed by atoms with E-state index in [0.717, 1.165) is 21.7 Å². The molecule has 0 fully saturated rings. The molecule has 0 amide bonds. The van der Waals surface area contributed by atoms with Gasteiger partial charge >= 0.3 is 0 Å². The lowest BCUT2D eigenvalue weighted by atomic mass is 9.37. The van der Waals surface area contributed by atoms with E-state index >= 15 is 4.57 Å². The topological polar surface area (TPSA) is 17.1 Å². The van der Waals surface area contributed by atoms with E-state index in [1.54, 1.807) is 0 Å². The van der Waals surface area contributed by atoms with Crippen molar-refractivity contribution in [1.29, 1.82) is 0 Å². The smallest absolute Gasteiger partial charge is 0.243 e. The predicted molar refractivity (Wildman–Crippen MR) is 143 cm³/mol. The van der Waals surface area contributed by atoms with Crippen molar-refractivity contribution >= 4 is 46.4 Å². The van der Waals surface area contributed by atoms with Gasteiger partial charge in [-0.25, -0.2) is 0 Å². The van der Waals surface area contributed by atoms with Crippen LogP contribution in [0.3, 0.4) is 0 Å². The van der Waals surface area contributed by atoms with Crippen LogP contribution in [0.25, 0.3) is 11.0 Å². The average Bonchev–Trinajstić information content (AvgIpc) is 3.13. The minimum Gasteiger partial charge on any atom is -0.313 e. The Morgan fingerprint density at radius 1 is 0.606 bits per heavy atom. The summed E-state index contributed by atoms with van der Waals surface area (Å²) < 4.78 is 15.3. The number of rotatable bonds is 1. The maximum Gasteiger partial charge on any atom is 0.243 e. The normalized spacial score (nSPS) is 18.8. The highest BCUT2D eigenvalue weighted by atomic mass is 31.2. The molecule has 2 aliphatic rings. The van der Waals surface area contributed by atoms with Gasteiger partial charge in [-0.1, -0.05) is 140 Å². The SMILES string of the molecule is CC(C)(C)P1(=O)c2ccccc2C2=C(c3ccccc3B2c2ccccc2)c2ccccc21. The molecule has 1 atom stereocenters. The Balaban J connectivity index is 1.82. The largest absolute Gasteiger partial charge is 0.313 e. The fraction of sp³-hybridized carbons (Fsp3) is 0.133. The van der Waals surface area contributed by atoms with E-state index in [2.05, 4.69) is 112 Å². The zero-order chi connectivity index (χ0) is 22.8. The molecule has 33 heavy (non-hydrogen) atoms. The molecule has 0 aliphatic carbocycles. The third-order valence-corrected chi connectivity index (χ3v) is 11.2. The van der Waals surface area contributed by atoms with Gasteiger partial charge in [0.2, 0.25) is 6.71 Å². The molecule has 0 radical (unpaired) electrons. The van der Waals surface area contributed by atoms with Crippen LogP contribution in [-0.2, 0) is 4.57 Å². The molecule has 3 heteroatoms. The van der Waals surface area contributed by atoms with Gasteiger partial charge in [-0.15, -0.1) is 0 Å². The molecule has 0 spiro atoms. The molecule has 0 bridgehead atoms. The fourth-order valence-electron chi connectivity index (χ4n) is 5.78. The van der Waals surface area contributed by atoms with Crippen molar-refractivity contribution in [2.24, 2.45) is 0 Å². The Kier molecular flexibility index (Phi) is 4.48. The van der Waals surface area contributed by atoms with Gasteiger partial charge in [-0.3, -0.25) is 0 Å².